The van der Waals surface area contributed by atoms with Crippen molar-refractivity contribution in [1.29, 1.82) is 0 Å². The SMILES string of the molecule is CCNC(=NCc1cccc2c1OCO2)N1CCS(=O)(=O)C(C)(C)C1. The Morgan fingerprint density at radius 3 is 2.88 bits per heavy atom. The third-order valence-electron chi connectivity index (χ3n) is 4.56. The first kappa shape index (κ1) is 17.8. The molecule has 0 spiro atoms. The van der Waals surface area contributed by atoms with Crippen molar-refractivity contribution in [3.8, 4) is 11.5 Å². The lowest BCUT2D eigenvalue weighted by atomic mass is 10.2. The molecule has 0 radical (unpaired) electrons. The topological polar surface area (TPSA) is 80.2 Å². The van der Waals surface area contributed by atoms with E-state index in [0.29, 0.717) is 19.6 Å². The number of benzene rings is 1. The van der Waals surface area contributed by atoms with E-state index >= 15 is 0 Å². The Bertz CT molecular complexity index is 774. The molecule has 8 heteroatoms. The Morgan fingerprint density at radius 1 is 1.36 bits per heavy atom. The van der Waals surface area contributed by atoms with Crippen LogP contribution in [0.3, 0.4) is 0 Å². The van der Waals surface area contributed by atoms with Gasteiger partial charge in [0.1, 0.15) is 0 Å². The third-order valence-corrected chi connectivity index (χ3v) is 7.09. The molecular weight excluding hydrogens is 342 g/mol. The minimum atomic E-state index is -3.08. The summed E-state index contributed by atoms with van der Waals surface area (Å²) < 4.78 is 34.6. The summed E-state index contributed by atoms with van der Waals surface area (Å²) in [5, 5.41) is 3.26. The second-order valence-corrected chi connectivity index (χ2v) is 9.56. The molecule has 0 unspecified atom stereocenters. The average Bonchev–Trinajstić information content (AvgIpc) is 3.03. The van der Waals surface area contributed by atoms with E-state index in [0.717, 1.165) is 29.6 Å². The van der Waals surface area contributed by atoms with Crippen LogP contribution in [0.5, 0.6) is 11.5 Å². The lowest BCUT2D eigenvalue weighted by molar-refractivity contribution is 0.173. The number of sulfone groups is 1. The number of nitrogens with zero attached hydrogens (tertiary/aromatic N) is 2. The van der Waals surface area contributed by atoms with Gasteiger partial charge in [-0.25, -0.2) is 13.4 Å². The summed E-state index contributed by atoms with van der Waals surface area (Å²) in [6.07, 6.45) is 0. The number of para-hydroxylation sites is 1. The van der Waals surface area contributed by atoms with Crippen LogP contribution in [0.25, 0.3) is 0 Å². The van der Waals surface area contributed by atoms with Gasteiger partial charge in [-0.15, -0.1) is 0 Å². The van der Waals surface area contributed by atoms with Gasteiger partial charge in [0.15, 0.2) is 27.3 Å². The van der Waals surface area contributed by atoms with E-state index in [4.69, 9.17) is 14.5 Å². The lowest BCUT2D eigenvalue weighted by Crippen LogP contribution is -2.57. The summed E-state index contributed by atoms with van der Waals surface area (Å²) in [6.45, 7) is 7.80. The molecule has 1 saturated heterocycles. The zero-order chi connectivity index (χ0) is 18.1. The number of fused-ring (bicyclic) bond motifs is 1. The van der Waals surface area contributed by atoms with Crippen molar-refractivity contribution in [3.05, 3.63) is 23.8 Å². The minimum absolute atomic E-state index is 0.141. The molecule has 1 fully saturated rings. The van der Waals surface area contributed by atoms with E-state index in [9.17, 15) is 8.42 Å². The normalized spacial score (nSPS) is 21.2. The first-order chi connectivity index (χ1) is 11.8. The molecule has 0 bridgehead atoms. The smallest absolute Gasteiger partial charge is 0.231 e. The molecule has 7 nitrogen and oxygen atoms in total. The van der Waals surface area contributed by atoms with Crippen molar-refractivity contribution < 1.29 is 17.9 Å². The number of hydrogen-bond donors (Lipinski definition) is 1. The van der Waals surface area contributed by atoms with E-state index in [-0.39, 0.29) is 12.5 Å². The number of aliphatic imine (C=N–C) groups is 1. The molecule has 1 N–H and O–H groups in total. The Morgan fingerprint density at radius 2 is 2.16 bits per heavy atom. The fourth-order valence-corrected chi connectivity index (χ4v) is 4.39. The molecule has 2 aliphatic heterocycles. The van der Waals surface area contributed by atoms with E-state index in [1.165, 1.54) is 0 Å². The van der Waals surface area contributed by atoms with Gasteiger partial charge in [-0.2, -0.15) is 0 Å². The van der Waals surface area contributed by atoms with Crippen molar-refractivity contribution in [2.75, 3.05) is 32.2 Å². The van der Waals surface area contributed by atoms with E-state index in [2.05, 4.69) is 5.32 Å². The van der Waals surface area contributed by atoms with Crippen LogP contribution in [0.2, 0.25) is 0 Å². The fraction of sp³-hybridized carbons (Fsp3) is 0.588. The summed E-state index contributed by atoms with van der Waals surface area (Å²) in [7, 11) is -3.08. The van der Waals surface area contributed by atoms with Gasteiger partial charge in [-0.3, -0.25) is 0 Å². The Labute approximate surface area is 148 Å². The van der Waals surface area contributed by atoms with Gasteiger partial charge in [0.2, 0.25) is 6.79 Å². The maximum absolute atomic E-state index is 12.2. The zero-order valence-electron chi connectivity index (χ0n) is 14.9. The van der Waals surface area contributed by atoms with Crippen LogP contribution in [0.15, 0.2) is 23.2 Å². The molecule has 0 aliphatic carbocycles. The van der Waals surface area contributed by atoms with Crippen LogP contribution >= 0.6 is 0 Å². The largest absolute Gasteiger partial charge is 0.454 e. The number of nitrogens with one attached hydrogen (secondary N) is 1. The van der Waals surface area contributed by atoms with Crippen LogP contribution < -0.4 is 14.8 Å². The van der Waals surface area contributed by atoms with Crippen LogP contribution in [0, 0.1) is 0 Å². The Balaban J connectivity index is 1.80. The number of guanidine groups is 1. The molecule has 2 aliphatic rings. The predicted molar refractivity (Wildman–Crippen MR) is 96.8 cm³/mol. The molecule has 25 heavy (non-hydrogen) atoms. The van der Waals surface area contributed by atoms with Crippen molar-refractivity contribution in [3.63, 3.8) is 0 Å². The first-order valence-electron chi connectivity index (χ1n) is 8.47. The van der Waals surface area contributed by atoms with E-state index in [1.54, 1.807) is 13.8 Å². The highest BCUT2D eigenvalue weighted by molar-refractivity contribution is 7.92. The van der Waals surface area contributed by atoms with Crippen molar-refractivity contribution in [1.82, 2.24) is 10.2 Å². The van der Waals surface area contributed by atoms with Crippen LogP contribution in [-0.4, -0.2) is 56.2 Å². The lowest BCUT2D eigenvalue weighted by Gasteiger charge is -2.39. The van der Waals surface area contributed by atoms with E-state index in [1.807, 2.05) is 30.0 Å². The minimum Gasteiger partial charge on any atom is -0.454 e. The Kier molecular flexibility index (Phi) is 4.81. The second kappa shape index (κ2) is 6.74. The van der Waals surface area contributed by atoms with Crippen LogP contribution in [0.1, 0.15) is 26.3 Å². The number of rotatable bonds is 3. The highest BCUT2D eigenvalue weighted by atomic mass is 32.2. The maximum Gasteiger partial charge on any atom is 0.231 e. The van der Waals surface area contributed by atoms with Gasteiger partial charge >= 0.3 is 0 Å². The van der Waals surface area contributed by atoms with Crippen molar-refractivity contribution in [2.24, 2.45) is 4.99 Å². The predicted octanol–water partition coefficient (Wildman–Crippen LogP) is 1.39. The van der Waals surface area contributed by atoms with Crippen LogP contribution in [-0.2, 0) is 16.4 Å². The summed E-state index contributed by atoms with van der Waals surface area (Å²) in [5.41, 5.74) is 0.953. The standard InChI is InChI=1S/C17H25N3O4S/c1-4-18-16(20-8-9-25(21,22)17(2,3)11-20)19-10-13-6-5-7-14-15(13)24-12-23-14/h5-7H,4,8-12H2,1-3H3,(H,18,19). The highest BCUT2D eigenvalue weighted by Crippen LogP contribution is 2.35. The molecule has 0 atom stereocenters. The van der Waals surface area contributed by atoms with Gasteiger partial charge in [-0.1, -0.05) is 12.1 Å². The molecule has 2 heterocycles. The van der Waals surface area contributed by atoms with Gasteiger partial charge in [0.05, 0.1) is 17.0 Å². The monoisotopic (exact) mass is 367 g/mol. The summed E-state index contributed by atoms with van der Waals surface area (Å²) in [6, 6.07) is 5.76. The second-order valence-electron chi connectivity index (χ2n) is 6.82. The molecule has 138 valence electrons. The molecule has 0 aromatic heterocycles. The average molecular weight is 367 g/mol. The number of hydrogen-bond acceptors (Lipinski definition) is 5. The molecular formula is C17H25N3O4S. The number of ether oxygens (including phenoxy) is 2. The molecule has 1 aromatic rings. The molecule has 0 amide bonds. The zero-order valence-corrected chi connectivity index (χ0v) is 15.7. The van der Waals surface area contributed by atoms with Gasteiger partial charge in [0, 0.05) is 25.2 Å². The third kappa shape index (κ3) is 3.53. The summed E-state index contributed by atoms with van der Waals surface area (Å²) in [4.78, 5) is 6.72. The quantitative estimate of drug-likeness (QED) is 0.642. The summed E-state index contributed by atoms with van der Waals surface area (Å²) in [5.74, 6) is 2.34. The van der Waals surface area contributed by atoms with Crippen molar-refractivity contribution >= 4 is 15.8 Å². The van der Waals surface area contributed by atoms with E-state index < -0.39 is 14.6 Å². The Hall–Kier alpha value is -1.96. The van der Waals surface area contributed by atoms with Gasteiger partial charge in [-0.05, 0) is 26.8 Å². The highest BCUT2D eigenvalue weighted by Gasteiger charge is 2.41. The molecule has 1 aromatic carbocycles. The van der Waals surface area contributed by atoms with Gasteiger partial charge < -0.3 is 19.7 Å². The van der Waals surface area contributed by atoms with Gasteiger partial charge in [0.25, 0.3) is 0 Å². The maximum atomic E-state index is 12.2. The fourth-order valence-electron chi connectivity index (χ4n) is 3.03. The van der Waals surface area contributed by atoms with Crippen molar-refractivity contribution in [2.45, 2.75) is 32.1 Å². The summed E-state index contributed by atoms with van der Waals surface area (Å²) >= 11 is 0. The first-order valence-corrected chi connectivity index (χ1v) is 10.1. The van der Waals surface area contributed by atoms with Crippen LogP contribution in [0.4, 0.5) is 0 Å². The molecule has 3 rings (SSSR count). The molecule has 0 saturated carbocycles.